The van der Waals surface area contributed by atoms with Crippen LogP contribution in [0.5, 0.6) is 0 Å². The van der Waals surface area contributed by atoms with Gasteiger partial charge in [-0.15, -0.1) is 10.2 Å². The normalized spacial score (nSPS) is 18.5. The van der Waals surface area contributed by atoms with Crippen molar-refractivity contribution < 1.29 is 5.11 Å². The quantitative estimate of drug-likeness (QED) is 0.559. The number of aliphatic hydroxyl groups is 1. The second-order valence-electron chi connectivity index (χ2n) is 5.68. The van der Waals surface area contributed by atoms with E-state index in [1.165, 1.54) is 12.8 Å². The monoisotopic (exact) mass is 284 g/mol. The molecular weight excluding hydrogens is 260 g/mol. The summed E-state index contributed by atoms with van der Waals surface area (Å²) in [7, 11) is 1.99. The van der Waals surface area contributed by atoms with Crippen LogP contribution in [0, 0.1) is 6.92 Å². The molecule has 2 N–H and O–H groups in total. The van der Waals surface area contributed by atoms with E-state index in [4.69, 9.17) is 0 Å². The van der Waals surface area contributed by atoms with Crippen LogP contribution in [0.4, 0.5) is 0 Å². The number of nitrogens with one attached hydrogen (secondary N) is 1. The highest BCUT2D eigenvalue weighted by atomic mass is 32.2. The molecule has 1 aromatic rings. The van der Waals surface area contributed by atoms with E-state index in [1.54, 1.807) is 11.8 Å². The Kier molecular flexibility index (Phi) is 4.86. The van der Waals surface area contributed by atoms with Gasteiger partial charge in [0.05, 0.1) is 6.61 Å². The number of aryl methyl sites for hydroxylation is 1. The van der Waals surface area contributed by atoms with Gasteiger partial charge in [-0.3, -0.25) is 0 Å². The van der Waals surface area contributed by atoms with Crippen molar-refractivity contribution in [2.24, 2.45) is 7.05 Å². The first-order valence-electron chi connectivity index (χ1n) is 6.91. The van der Waals surface area contributed by atoms with E-state index in [2.05, 4.69) is 22.4 Å². The van der Waals surface area contributed by atoms with E-state index in [0.29, 0.717) is 6.04 Å². The highest BCUT2D eigenvalue weighted by Gasteiger charge is 2.31. The molecule has 6 heteroatoms. The molecule has 1 heterocycles. The number of hydrogen-bond donors (Lipinski definition) is 2. The molecule has 0 amide bonds. The van der Waals surface area contributed by atoms with E-state index < -0.39 is 0 Å². The molecule has 1 unspecified atom stereocenters. The van der Waals surface area contributed by atoms with Crippen molar-refractivity contribution in [2.45, 2.75) is 56.3 Å². The minimum absolute atomic E-state index is 0.127. The zero-order valence-electron chi connectivity index (χ0n) is 12.0. The van der Waals surface area contributed by atoms with Gasteiger partial charge in [0.25, 0.3) is 0 Å². The highest BCUT2D eigenvalue weighted by molar-refractivity contribution is 7.99. The molecule has 0 radical (unpaired) electrons. The molecule has 2 rings (SSSR count). The van der Waals surface area contributed by atoms with Crippen LogP contribution >= 0.6 is 11.8 Å². The molecule has 1 atom stereocenters. The fourth-order valence-electron chi connectivity index (χ4n) is 2.06. The minimum atomic E-state index is -0.127. The fourth-order valence-corrected chi connectivity index (χ4v) is 2.95. The molecule has 1 aromatic heterocycles. The summed E-state index contributed by atoms with van der Waals surface area (Å²) in [6.07, 6.45) is 4.56. The Balaban J connectivity index is 1.71. The third-order valence-corrected chi connectivity index (χ3v) is 4.74. The summed E-state index contributed by atoms with van der Waals surface area (Å²) in [5.41, 5.74) is -0.127. The third kappa shape index (κ3) is 4.19. The predicted octanol–water partition coefficient (Wildman–Crippen LogP) is 1.50. The molecule has 0 aliphatic heterocycles. The van der Waals surface area contributed by atoms with Crippen LogP contribution in [0.15, 0.2) is 5.16 Å². The number of nitrogens with zero attached hydrogens (tertiary/aromatic N) is 3. The van der Waals surface area contributed by atoms with E-state index in [1.807, 2.05) is 18.5 Å². The standard InChI is InChI=1S/C13H24N4OS/c1-10-15-16-12(17(10)3)19-8-4-7-13(2,9-18)14-11-5-6-11/h11,14,18H,4-9H2,1-3H3. The summed E-state index contributed by atoms with van der Waals surface area (Å²) in [4.78, 5) is 0. The molecule has 108 valence electrons. The van der Waals surface area contributed by atoms with Crippen LogP contribution < -0.4 is 5.32 Å². The Hall–Kier alpha value is -0.590. The largest absolute Gasteiger partial charge is 0.394 e. The zero-order valence-corrected chi connectivity index (χ0v) is 12.8. The topological polar surface area (TPSA) is 63.0 Å². The smallest absolute Gasteiger partial charge is 0.190 e. The van der Waals surface area contributed by atoms with Gasteiger partial charge in [-0.05, 0) is 39.5 Å². The average molecular weight is 284 g/mol. The lowest BCUT2D eigenvalue weighted by atomic mass is 9.97. The van der Waals surface area contributed by atoms with Crippen molar-refractivity contribution >= 4 is 11.8 Å². The van der Waals surface area contributed by atoms with Gasteiger partial charge >= 0.3 is 0 Å². The van der Waals surface area contributed by atoms with E-state index in [-0.39, 0.29) is 12.1 Å². The SMILES string of the molecule is Cc1nnc(SCCCC(C)(CO)NC2CC2)n1C. The summed E-state index contributed by atoms with van der Waals surface area (Å²) in [6.45, 7) is 4.28. The summed E-state index contributed by atoms with van der Waals surface area (Å²) in [5.74, 6) is 1.95. The molecule has 5 nitrogen and oxygen atoms in total. The van der Waals surface area contributed by atoms with Crippen molar-refractivity contribution in [3.63, 3.8) is 0 Å². The number of aromatic nitrogens is 3. The summed E-state index contributed by atoms with van der Waals surface area (Å²) >= 11 is 1.73. The van der Waals surface area contributed by atoms with Crippen molar-refractivity contribution in [1.82, 2.24) is 20.1 Å². The molecule has 0 aromatic carbocycles. The Bertz CT molecular complexity index is 419. The number of rotatable bonds is 8. The molecule has 0 bridgehead atoms. The third-order valence-electron chi connectivity index (χ3n) is 3.64. The van der Waals surface area contributed by atoms with E-state index >= 15 is 0 Å². The van der Waals surface area contributed by atoms with Gasteiger partial charge in [0.2, 0.25) is 0 Å². The summed E-state index contributed by atoms with van der Waals surface area (Å²) < 4.78 is 2.01. The molecule has 1 aliphatic carbocycles. The Morgan fingerprint density at radius 1 is 1.47 bits per heavy atom. The molecule has 1 fully saturated rings. The maximum Gasteiger partial charge on any atom is 0.190 e. The molecule has 0 spiro atoms. The Morgan fingerprint density at radius 3 is 2.74 bits per heavy atom. The molecule has 1 aliphatic rings. The molecule has 19 heavy (non-hydrogen) atoms. The summed E-state index contributed by atoms with van der Waals surface area (Å²) in [6, 6.07) is 0.631. The lowest BCUT2D eigenvalue weighted by molar-refractivity contribution is 0.163. The maximum absolute atomic E-state index is 9.53. The fraction of sp³-hybridized carbons (Fsp3) is 0.846. The lowest BCUT2D eigenvalue weighted by Gasteiger charge is -2.29. The molecule has 0 saturated heterocycles. The van der Waals surface area contributed by atoms with Crippen LogP contribution in [0.25, 0.3) is 0 Å². The highest BCUT2D eigenvalue weighted by Crippen LogP contribution is 2.25. The van der Waals surface area contributed by atoms with Crippen molar-refractivity contribution in [1.29, 1.82) is 0 Å². The van der Waals surface area contributed by atoms with E-state index in [9.17, 15) is 5.11 Å². The van der Waals surface area contributed by atoms with Gasteiger partial charge in [0, 0.05) is 24.4 Å². The number of thioether (sulfide) groups is 1. The second kappa shape index (κ2) is 6.24. The van der Waals surface area contributed by atoms with Gasteiger partial charge in [0.15, 0.2) is 5.16 Å². The van der Waals surface area contributed by atoms with Crippen molar-refractivity contribution in [3.8, 4) is 0 Å². The Labute approximate surface area is 119 Å². The number of hydrogen-bond acceptors (Lipinski definition) is 5. The van der Waals surface area contributed by atoms with Gasteiger partial charge in [-0.1, -0.05) is 11.8 Å². The van der Waals surface area contributed by atoms with Crippen LogP contribution in [0.1, 0.15) is 38.4 Å². The number of aliphatic hydroxyl groups excluding tert-OH is 1. The van der Waals surface area contributed by atoms with Crippen LogP contribution in [-0.4, -0.2) is 43.8 Å². The van der Waals surface area contributed by atoms with Crippen molar-refractivity contribution in [2.75, 3.05) is 12.4 Å². The van der Waals surface area contributed by atoms with Gasteiger partial charge in [-0.2, -0.15) is 0 Å². The first-order valence-corrected chi connectivity index (χ1v) is 7.90. The Morgan fingerprint density at radius 2 is 2.21 bits per heavy atom. The van der Waals surface area contributed by atoms with Crippen LogP contribution in [-0.2, 0) is 7.05 Å². The first-order chi connectivity index (χ1) is 9.04. The van der Waals surface area contributed by atoms with Crippen LogP contribution in [0.2, 0.25) is 0 Å². The molecule has 1 saturated carbocycles. The van der Waals surface area contributed by atoms with E-state index in [0.717, 1.165) is 29.6 Å². The van der Waals surface area contributed by atoms with Gasteiger partial charge in [0.1, 0.15) is 5.82 Å². The zero-order chi connectivity index (χ0) is 13.9. The predicted molar refractivity (Wildman–Crippen MR) is 77.3 cm³/mol. The van der Waals surface area contributed by atoms with Gasteiger partial charge in [-0.25, -0.2) is 0 Å². The summed E-state index contributed by atoms with van der Waals surface area (Å²) in [5, 5.41) is 22.2. The molecular formula is C13H24N4OS. The average Bonchev–Trinajstić information content (AvgIpc) is 3.14. The second-order valence-corrected chi connectivity index (χ2v) is 6.74. The minimum Gasteiger partial charge on any atom is -0.394 e. The first kappa shape index (κ1) is 14.8. The van der Waals surface area contributed by atoms with Gasteiger partial charge < -0.3 is 15.0 Å². The lowest BCUT2D eigenvalue weighted by Crippen LogP contribution is -2.47. The maximum atomic E-state index is 9.53. The van der Waals surface area contributed by atoms with Crippen molar-refractivity contribution in [3.05, 3.63) is 5.82 Å². The van der Waals surface area contributed by atoms with Crippen LogP contribution in [0.3, 0.4) is 0 Å².